The van der Waals surface area contributed by atoms with E-state index in [0.29, 0.717) is 25.7 Å². The lowest BCUT2D eigenvalue weighted by atomic mass is 9.59. The summed E-state index contributed by atoms with van der Waals surface area (Å²) >= 11 is 0. The van der Waals surface area contributed by atoms with Crippen molar-refractivity contribution in [2.75, 3.05) is 26.2 Å². The summed E-state index contributed by atoms with van der Waals surface area (Å²) in [6.45, 7) is 4.23. The second kappa shape index (κ2) is 10.3. The van der Waals surface area contributed by atoms with Crippen LogP contribution in [0.15, 0.2) is 48.5 Å². The molecule has 0 atom stereocenters. The van der Waals surface area contributed by atoms with Crippen LogP contribution in [-0.4, -0.2) is 63.4 Å². The van der Waals surface area contributed by atoms with Crippen molar-refractivity contribution < 1.29 is 24.2 Å². The van der Waals surface area contributed by atoms with Crippen molar-refractivity contribution >= 4 is 29.0 Å². The molecule has 2 bridgehead atoms. The lowest BCUT2D eigenvalue weighted by molar-refractivity contribution is -0.385. The van der Waals surface area contributed by atoms with Crippen molar-refractivity contribution in [1.29, 1.82) is 0 Å². The van der Waals surface area contributed by atoms with Crippen molar-refractivity contribution in [3.05, 3.63) is 79.9 Å². The van der Waals surface area contributed by atoms with E-state index < -0.39 is 20.7 Å². The van der Waals surface area contributed by atoms with E-state index in [2.05, 4.69) is 0 Å². The highest BCUT2D eigenvalue weighted by atomic mass is 16.6. The third-order valence-corrected chi connectivity index (χ3v) is 7.58. The summed E-state index contributed by atoms with van der Waals surface area (Å²) in [5, 5.41) is 22.5. The first-order valence-electron chi connectivity index (χ1n) is 12.7. The fourth-order valence-corrected chi connectivity index (χ4v) is 6.18. The quantitative estimate of drug-likeness (QED) is 0.372. The fraction of sp³-hybridized carbons (Fsp3) is 0.444. The highest BCUT2D eigenvalue weighted by Crippen LogP contribution is 2.48. The highest BCUT2D eigenvalue weighted by molar-refractivity contribution is 6.01. The molecule has 2 heterocycles. The Morgan fingerprint density at radius 1 is 0.763 bits per heavy atom. The van der Waals surface area contributed by atoms with Gasteiger partial charge in [-0.2, -0.15) is 0 Å². The molecule has 11 heteroatoms. The minimum Gasteiger partial charge on any atom is -0.336 e. The minimum atomic E-state index is -1.01. The predicted molar refractivity (Wildman–Crippen MR) is 138 cm³/mol. The third kappa shape index (κ3) is 4.75. The summed E-state index contributed by atoms with van der Waals surface area (Å²) in [5.74, 6) is -0.735. The molecule has 0 aliphatic carbocycles. The number of carbonyl (C=O) groups is 3. The molecule has 0 saturated carbocycles. The normalized spacial score (nSPS) is 22.7. The number of hydrogen-bond donors (Lipinski definition) is 0. The number of carbonyl (C=O) groups excluding carboxylic acids is 3. The lowest BCUT2D eigenvalue weighted by Crippen LogP contribution is -2.71. The summed E-state index contributed by atoms with van der Waals surface area (Å²) in [4.78, 5) is 65.9. The number of nitrogens with zero attached hydrogens (tertiary/aromatic N) is 4. The zero-order valence-corrected chi connectivity index (χ0v) is 21.4. The van der Waals surface area contributed by atoms with Gasteiger partial charge in [-0.3, -0.25) is 34.6 Å². The zero-order valence-electron chi connectivity index (χ0n) is 21.4. The van der Waals surface area contributed by atoms with E-state index in [-0.39, 0.29) is 66.3 Å². The molecule has 0 spiro atoms. The molecule has 2 saturated heterocycles. The molecule has 2 fully saturated rings. The number of amides is 2. The number of nitro groups is 2. The number of rotatable bonds is 8. The number of piperidine rings is 2. The largest absolute Gasteiger partial charge is 0.336 e. The van der Waals surface area contributed by atoms with Crippen LogP contribution in [0.2, 0.25) is 0 Å². The molecule has 2 amide bonds. The summed E-state index contributed by atoms with van der Waals surface area (Å²) in [7, 11) is 0. The number of hydrogen-bond acceptors (Lipinski definition) is 7. The highest BCUT2D eigenvalue weighted by Gasteiger charge is 2.60. The molecule has 38 heavy (non-hydrogen) atoms. The van der Waals surface area contributed by atoms with E-state index in [4.69, 9.17) is 0 Å². The van der Waals surface area contributed by atoms with Crippen molar-refractivity contribution in [2.24, 2.45) is 10.8 Å². The van der Waals surface area contributed by atoms with Gasteiger partial charge in [-0.25, -0.2) is 0 Å². The molecule has 0 N–H and O–H groups in total. The molecular weight excluding hydrogens is 492 g/mol. The number of Topliss-reactive ketones (excluding diaryl/α,β-unsaturated/α-hetero) is 1. The Hall–Kier alpha value is -4.15. The Kier molecular flexibility index (Phi) is 7.30. The van der Waals surface area contributed by atoms with Gasteiger partial charge in [-0.15, -0.1) is 0 Å². The second-order valence-electron chi connectivity index (χ2n) is 10.3. The molecule has 0 unspecified atom stereocenters. The summed E-state index contributed by atoms with van der Waals surface area (Å²) in [6, 6.07) is 11.1. The van der Waals surface area contributed by atoms with Crippen LogP contribution in [0.4, 0.5) is 11.4 Å². The van der Waals surface area contributed by atoms with Gasteiger partial charge in [0.05, 0.1) is 20.7 Å². The van der Waals surface area contributed by atoms with Crippen LogP contribution in [-0.2, 0) is 4.79 Å². The first-order chi connectivity index (χ1) is 18.1. The van der Waals surface area contributed by atoms with Gasteiger partial charge >= 0.3 is 0 Å². The maximum Gasteiger partial charge on any atom is 0.270 e. The predicted octanol–water partition coefficient (Wildman–Crippen LogP) is 4.26. The van der Waals surface area contributed by atoms with Crippen LogP contribution in [0.5, 0.6) is 0 Å². The van der Waals surface area contributed by atoms with E-state index in [1.807, 2.05) is 13.8 Å². The molecule has 11 nitrogen and oxygen atoms in total. The van der Waals surface area contributed by atoms with Crippen molar-refractivity contribution in [3.8, 4) is 0 Å². The molecule has 200 valence electrons. The fourth-order valence-electron chi connectivity index (χ4n) is 6.18. The second-order valence-corrected chi connectivity index (χ2v) is 10.3. The molecule has 4 rings (SSSR count). The summed E-state index contributed by atoms with van der Waals surface area (Å²) in [6.07, 6.45) is 2.20. The SMILES string of the molecule is CCCC12CN(C(=O)c3cccc([N+](=O)[O-])c3)CC(CCC)(CN(C(=O)c3cccc([N+](=O)[O-])c3)C1)C2=O. The summed E-state index contributed by atoms with van der Waals surface area (Å²) < 4.78 is 0. The number of ketones is 1. The average molecular weight is 523 g/mol. The van der Waals surface area contributed by atoms with E-state index in [1.165, 1.54) is 48.5 Å². The van der Waals surface area contributed by atoms with Gasteiger partial charge in [0, 0.05) is 61.6 Å². The molecule has 2 aromatic carbocycles. The van der Waals surface area contributed by atoms with Gasteiger partial charge in [0.1, 0.15) is 0 Å². The Morgan fingerprint density at radius 2 is 1.13 bits per heavy atom. The van der Waals surface area contributed by atoms with Gasteiger partial charge < -0.3 is 9.80 Å². The molecule has 2 aromatic rings. The maximum atomic E-state index is 14.1. The average Bonchev–Trinajstić information content (AvgIpc) is 2.89. The molecule has 2 aliphatic rings. The van der Waals surface area contributed by atoms with Crippen LogP contribution < -0.4 is 0 Å². The van der Waals surface area contributed by atoms with Crippen molar-refractivity contribution in [3.63, 3.8) is 0 Å². The number of benzene rings is 2. The van der Waals surface area contributed by atoms with E-state index in [0.717, 1.165) is 0 Å². The standard InChI is InChI=1S/C27H30N4O7/c1-3-11-26-15-28(23(32)19-7-5-9-21(13-19)30(35)36)17-27(12-4-2,25(26)34)18-29(16-26)24(33)20-8-6-10-22(14-20)31(37)38/h5-10,13-14H,3-4,11-12,15-18H2,1-2H3. The monoisotopic (exact) mass is 522 g/mol. The first-order valence-corrected chi connectivity index (χ1v) is 12.7. The van der Waals surface area contributed by atoms with Gasteiger partial charge in [-0.05, 0) is 25.0 Å². The Bertz CT molecular complexity index is 1200. The molecular formula is C27H30N4O7. The third-order valence-electron chi connectivity index (χ3n) is 7.58. The van der Waals surface area contributed by atoms with E-state index in [1.54, 1.807) is 9.80 Å². The van der Waals surface area contributed by atoms with Crippen LogP contribution >= 0.6 is 0 Å². The topological polar surface area (TPSA) is 144 Å². The van der Waals surface area contributed by atoms with Crippen molar-refractivity contribution in [1.82, 2.24) is 9.80 Å². The van der Waals surface area contributed by atoms with E-state index >= 15 is 0 Å². The summed E-state index contributed by atoms with van der Waals surface area (Å²) in [5.41, 5.74) is -2.04. The number of nitro benzene ring substituents is 2. The van der Waals surface area contributed by atoms with Crippen LogP contribution in [0.1, 0.15) is 60.2 Å². The number of likely N-dealkylation sites (tertiary alicyclic amines) is 2. The minimum absolute atomic E-state index is 0.0416. The Labute approximate surface area is 219 Å². The molecule has 2 aliphatic heterocycles. The van der Waals surface area contributed by atoms with Crippen LogP contribution in [0.3, 0.4) is 0 Å². The van der Waals surface area contributed by atoms with Gasteiger partial charge in [0.2, 0.25) is 0 Å². The van der Waals surface area contributed by atoms with Gasteiger partial charge in [0.25, 0.3) is 23.2 Å². The smallest absolute Gasteiger partial charge is 0.270 e. The van der Waals surface area contributed by atoms with Crippen LogP contribution in [0.25, 0.3) is 0 Å². The lowest BCUT2D eigenvalue weighted by Gasteiger charge is -2.57. The number of non-ortho nitro benzene ring substituents is 2. The molecule has 0 radical (unpaired) electrons. The van der Waals surface area contributed by atoms with E-state index in [9.17, 15) is 34.6 Å². The molecule has 0 aromatic heterocycles. The van der Waals surface area contributed by atoms with Gasteiger partial charge in [-0.1, -0.05) is 38.8 Å². The Morgan fingerprint density at radius 3 is 1.45 bits per heavy atom. The van der Waals surface area contributed by atoms with Gasteiger partial charge in [0.15, 0.2) is 5.78 Å². The maximum absolute atomic E-state index is 14.1. The van der Waals surface area contributed by atoms with Crippen LogP contribution in [0, 0.1) is 31.1 Å². The Balaban J connectivity index is 1.72. The van der Waals surface area contributed by atoms with Crippen molar-refractivity contribution in [2.45, 2.75) is 39.5 Å². The first kappa shape index (κ1) is 26.9. The number of fused-ring (bicyclic) bond motifs is 2. The zero-order chi connectivity index (χ0) is 27.7.